The summed E-state index contributed by atoms with van der Waals surface area (Å²) in [6.45, 7) is 2.20. The molecule has 1 fully saturated rings. The maximum Gasteiger partial charge on any atom is 0.166 e. The van der Waals surface area contributed by atoms with Gasteiger partial charge in [0.2, 0.25) is 0 Å². The van der Waals surface area contributed by atoms with Gasteiger partial charge in [-0.3, -0.25) is 0 Å². The molecule has 2 N–H and O–H groups in total. The zero-order chi connectivity index (χ0) is 11.0. The number of para-hydroxylation sites is 1. The van der Waals surface area contributed by atoms with Gasteiger partial charge < -0.3 is 19.9 Å². The van der Waals surface area contributed by atoms with Crippen LogP contribution in [0.25, 0.3) is 0 Å². The highest BCUT2D eigenvalue weighted by Crippen LogP contribution is 2.40. The van der Waals surface area contributed by atoms with Crippen LogP contribution in [-0.2, 0) is 4.74 Å². The lowest BCUT2D eigenvalue weighted by Crippen LogP contribution is -2.43. The summed E-state index contributed by atoms with van der Waals surface area (Å²) in [6.07, 6.45) is 0.900. The predicted molar refractivity (Wildman–Crippen MR) is 58.7 cm³/mol. The maximum absolute atomic E-state index is 9.77. The molecule has 0 aromatic heterocycles. The summed E-state index contributed by atoms with van der Waals surface area (Å²) >= 11 is 0. The quantitative estimate of drug-likeness (QED) is 0.691. The van der Waals surface area contributed by atoms with Gasteiger partial charge in [-0.2, -0.15) is 0 Å². The standard InChI is InChI=1S/C12H15NO3/c14-10-3-1-2-8-11-9(13-5-7-16-11)4-6-15-12(8)10/h1-3,9,11,13-14H,4-7H2/t9-,11-/m1/s1. The molecule has 2 atom stereocenters. The molecule has 1 saturated heterocycles. The lowest BCUT2D eigenvalue weighted by atomic mass is 9.98. The van der Waals surface area contributed by atoms with Crippen molar-refractivity contribution in [3.63, 3.8) is 0 Å². The molecule has 0 spiro atoms. The molecular weight excluding hydrogens is 206 g/mol. The minimum atomic E-state index is -0.00153. The average Bonchev–Trinajstić information content (AvgIpc) is 2.50. The van der Waals surface area contributed by atoms with Crippen molar-refractivity contribution >= 4 is 0 Å². The topological polar surface area (TPSA) is 50.7 Å². The fourth-order valence-corrected chi connectivity index (χ4v) is 2.42. The number of phenols is 1. The summed E-state index contributed by atoms with van der Waals surface area (Å²) in [6, 6.07) is 5.73. The monoisotopic (exact) mass is 221 g/mol. The summed E-state index contributed by atoms with van der Waals surface area (Å²) in [5.41, 5.74) is 0.953. The van der Waals surface area contributed by atoms with Crippen LogP contribution in [0.2, 0.25) is 0 Å². The van der Waals surface area contributed by atoms with Crippen LogP contribution < -0.4 is 10.1 Å². The first kappa shape index (κ1) is 9.93. The molecule has 16 heavy (non-hydrogen) atoms. The molecular formula is C12H15NO3. The van der Waals surface area contributed by atoms with E-state index < -0.39 is 0 Å². The summed E-state index contributed by atoms with van der Waals surface area (Å²) in [5, 5.41) is 13.2. The molecule has 4 heteroatoms. The third-order valence-electron chi connectivity index (χ3n) is 3.18. The summed E-state index contributed by atoms with van der Waals surface area (Å²) in [5.74, 6) is 0.783. The zero-order valence-electron chi connectivity index (χ0n) is 8.98. The zero-order valence-corrected chi connectivity index (χ0v) is 8.98. The number of morpholine rings is 1. The van der Waals surface area contributed by atoms with E-state index >= 15 is 0 Å². The Morgan fingerprint density at radius 2 is 2.25 bits per heavy atom. The van der Waals surface area contributed by atoms with Crippen molar-refractivity contribution in [1.29, 1.82) is 0 Å². The van der Waals surface area contributed by atoms with Gasteiger partial charge in [-0.25, -0.2) is 0 Å². The first-order chi connectivity index (χ1) is 7.86. The SMILES string of the molecule is Oc1cccc2c1OCC[C@H]1NCCO[C@H]21. The van der Waals surface area contributed by atoms with Crippen molar-refractivity contribution in [2.75, 3.05) is 19.8 Å². The van der Waals surface area contributed by atoms with E-state index in [2.05, 4.69) is 5.32 Å². The van der Waals surface area contributed by atoms with Gasteiger partial charge in [-0.05, 0) is 12.5 Å². The highest BCUT2D eigenvalue weighted by molar-refractivity contribution is 5.47. The van der Waals surface area contributed by atoms with Gasteiger partial charge in [0.1, 0.15) is 6.10 Å². The number of fused-ring (bicyclic) bond motifs is 3. The highest BCUT2D eigenvalue weighted by Gasteiger charge is 2.32. The number of hydrogen-bond acceptors (Lipinski definition) is 4. The molecule has 4 nitrogen and oxygen atoms in total. The summed E-state index contributed by atoms with van der Waals surface area (Å²) in [4.78, 5) is 0. The number of nitrogens with one attached hydrogen (secondary N) is 1. The van der Waals surface area contributed by atoms with E-state index in [-0.39, 0.29) is 17.9 Å². The molecule has 2 aliphatic heterocycles. The van der Waals surface area contributed by atoms with Gasteiger partial charge in [0.15, 0.2) is 11.5 Å². The van der Waals surface area contributed by atoms with E-state index in [9.17, 15) is 5.11 Å². The number of ether oxygens (including phenoxy) is 2. The van der Waals surface area contributed by atoms with Crippen LogP contribution in [0.15, 0.2) is 18.2 Å². The molecule has 1 aromatic rings. The Labute approximate surface area is 94.2 Å². The molecule has 0 bridgehead atoms. The molecule has 2 heterocycles. The van der Waals surface area contributed by atoms with Crippen molar-refractivity contribution < 1.29 is 14.6 Å². The fraction of sp³-hybridized carbons (Fsp3) is 0.500. The Morgan fingerprint density at radius 3 is 3.19 bits per heavy atom. The molecule has 86 valence electrons. The average molecular weight is 221 g/mol. The van der Waals surface area contributed by atoms with E-state index in [0.717, 1.165) is 18.5 Å². The number of hydrogen-bond donors (Lipinski definition) is 2. The first-order valence-electron chi connectivity index (χ1n) is 5.66. The van der Waals surface area contributed by atoms with E-state index in [1.165, 1.54) is 0 Å². The predicted octanol–water partition coefficient (Wildman–Crippen LogP) is 1.20. The molecule has 0 aliphatic carbocycles. The molecule has 0 radical (unpaired) electrons. The van der Waals surface area contributed by atoms with Crippen molar-refractivity contribution in [2.24, 2.45) is 0 Å². The van der Waals surface area contributed by atoms with Gasteiger partial charge in [-0.1, -0.05) is 12.1 Å². The van der Waals surface area contributed by atoms with Gasteiger partial charge in [0.05, 0.1) is 13.2 Å². The van der Waals surface area contributed by atoms with Crippen molar-refractivity contribution in [3.05, 3.63) is 23.8 Å². The van der Waals surface area contributed by atoms with Crippen molar-refractivity contribution in [2.45, 2.75) is 18.6 Å². The van der Waals surface area contributed by atoms with Crippen LogP contribution in [-0.4, -0.2) is 30.9 Å². The van der Waals surface area contributed by atoms with Crippen LogP contribution in [0, 0.1) is 0 Å². The fourth-order valence-electron chi connectivity index (χ4n) is 2.42. The largest absolute Gasteiger partial charge is 0.504 e. The minimum absolute atomic E-state index is 0.00153. The number of rotatable bonds is 0. The molecule has 2 aliphatic rings. The Balaban J connectivity index is 2.04. The lowest BCUT2D eigenvalue weighted by molar-refractivity contribution is -0.00587. The van der Waals surface area contributed by atoms with E-state index in [1.54, 1.807) is 6.07 Å². The van der Waals surface area contributed by atoms with E-state index in [0.29, 0.717) is 19.0 Å². The Morgan fingerprint density at radius 1 is 1.31 bits per heavy atom. The Bertz CT molecular complexity index is 394. The first-order valence-corrected chi connectivity index (χ1v) is 5.66. The normalized spacial score (nSPS) is 28.5. The van der Waals surface area contributed by atoms with Crippen molar-refractivity contribution in [3.8, 4) is 11.5 Å². The minimum Gasteiger partial charge on any atom is -0.504 e. The Hall–Kier alpha value is -1.26. The summed E-state index contributed by atoms with van der Waals surface area (Å²) < 4.78 is 11.4. The molecule has 1 aromatic carbocycles. The maximum atomic E-state index is 9.77. The van der Waals surface area contributed by atoms with Crippen LogP contribution in [0.4, 0.5) is 0 Å². The van der Waals surface area contributed by atoms with Gasteiger partial charge in [0.25, 0.3) is 0 Å². The third kappa shape index (κ3) is 1.54. The van der Waals surface area contributed by atoms with Crippen LogP contribution in [0.5, 0.6) is 11.5 Å². The molecule has 0 saturated carbocycles. The highest BCUT2D eigenvalue weighted by atomic mass is 16.5. The lowest BCUT2D eigenvalue weighted by Gasteiger charge is -2.31. The number of benzene rings is 1. The molecule has 3 rings (SSSR count). The van der Waals surface area contributed by atoms with Crippen LogP contribution >= 0.6 is 0 Å². The smallest absolute Gasteiger partial charge is 0.166 e. The van der Waals surface area contributed by atoms with Gasteiger partial charge in [0, 0.05) is 18.2 Å². The number of phenolic OH excluding ortho intramolecular Hbond substituents is 1. The van der Waals surface area contributed by atoms with Crippen LogP contribution in [0.3, 0.4) is 0 Å². The molecule has 0 amide bonds. The van der Waals surface area contributed by atoms with Gasteiger partial charge >= 0.3 is 0 Å². The number of aromatic hydroxyl groups is 1. The van der Waals surface area contributed by atoms with Crippen LogP contribution in [0.1, 0.15) is 18.1 Å². The molecule has 0 unspecified atom stereocenters. The second-order valence-corrected chi connectivity index (χ2v) is 4.18. The van der Waals surface area contributed by atoms with Crippen molar-refractivity contribution in [1.82, 2.24) is 5.32 Å². The van der Waals surface area contributed by atoms with Gasteiger partial charge in [-0.15, -0.1) is 0 Å². The second kappa shape index (κ2) is 3.96. The third-order valence-corrected chi connectivity index (χ3v) is 3.18. The Kier molecular flexibility index (Phi) is 2.46. The van der Waals surface area contributed by atoms with E-state index in [4.69, 9.17) is 9.47 Å². The second-order valence-electron chi connectivity index (χ2n) is 4.18. The summed E-state index contributed by atoms with van der Waals surface area (Å²) in [7, 11) is 0. The van der Waals surface area contributed by atoms with E-state index in [1.807, 2.05) is 12.1 Å².